The molecule has 0 saturated carbocycles. The molecule has 2 N–H and O–H groups in total. The van der Waals surface area contributed by atoms with Crippen LogP contribution in [-0.2, 0) is 14.3 Å². The number of benzene rings is 1. The second-order valence-corrected chi connectivity index (χ2v) is 8.68. The van der Waals surface area contributed by atoms with Gasteiger partial charge in [0, 0.05) is 19.0 Å². The molecule has 0 bridgehead atoms. The summed E-state index contributed by atoms with van der Waals surface area (Å²) >= 11 is 0. The first-order chi connectivity index (χ1) is 14.0. The van der Waals surface area contributed by atoms with Crippen LogP contribution < -0.4 is 15.6 Å². The van der Waals surface area contributed by atoms with E-state index in [-0.39, 0.29) is 17.9 Å². The van der Waals surface area contributed by atoms with Crippen molar-refractivity contribution in [2.45, 2.75) is 66.1 Å². The molecule has 1 aliphatic heterocycles. The zero-order chi connectivity index (χ0) is 22.5. The first-order valence-electron chi connectivity index (χ1n) is 10.3. The number of nitrogens with zero attached hydrogens (tertiary/aromatic N) is 1. The number of hydrogen-bond acceptors (Lipinski definition) is 5. The molecule has 0 aliphatic carbocycles. The molecular formula is C22H33N3O5. The van der Waals surface area contributed by atoms with E-state index in [0.29, 0.717) is 31.7 Å². The third-order valence-corrected chi connectivity index (χ3v) is 5.05. The van der Waals surface area contributed by atoms with Crippen molar-refractivity contribution in [2.75, 3.05) is 13.1 Å². The van der Waals surface area contributed by atoms with Crippen LogP contribution in [0.4, 0.5) is 4.79 Å². The zero-order valence-electron chi connectivity index (χ0n) is 18.7. The van der Waals surface area contributed by atoms with E-state index in [4.69, 9.17) is 9.47 Å². The lowest BCUT2D eigenvalue weighted by Crippen LogP contribution is -2.51. The summed E-state index contributed by atoms with van der Waals surface area (Å²) < 4.78 is 11.1. The number of rotatable bonds is 4. The molecule has 166 valence electrons. The molecule has 30 heavy (non-hydrogen) atoms. The monoisotopic (exact) mass is 419 g/mol. The Morgan fingerprint density at radius 2 is 1.73 bits per heavy atom. The molecule has 8 heteroatoms. The highest BCUT2D eigenvalue weighted by Gasteiger charge is 2.30. The van der Waals surface area contributed by atoms with Gasteiger partial charge in [0.25, 0.3) is 5.91 Å². The van der Waals surface area contributed by atoms with Gasteiger partial charge in [-0.3, -0.25) is 20.4 Å². The first-order valence-corrected chi connectivity index (χ1v) is 10.3. The summed E-state index contributed by atoms with van der Waals surface area (Å²) in [7, 11) is 0. The molecular weight excluding hydrogens is 386 g/mol. The van der Waals surface area contributed by atoms with Crippen LogP contribution in [0.15, 0.2) is 18.2 Å². The summed E-state index contributed by atoms with van der Waals surface area (Å²) in [5, 5.41) is 0. The minimum atomic E-state index is -0.764. The highest BCUT2D eigenvalue weighted by molar-refractivity contribution is 5.85. The first kappa shape index (κ1) is 23.5. The fourth-order valence-corrected chi connectivity index (χ4v) is 3.07. The number of carbonyl (C=O) groups excluding carboxylic acids is 3. The fraction of sp³-hybridized carbons (Fsp3) is 0.591. The van der Waals surface area contributed by atoms with Crippen molar-refractivity contribution in [3.8, 4) is 5.75 Å². The maximum Gasteiger partial charge on any atom is 0.410 e. The Morgan fingerprint density at radius 3 is 2.33 bits per heavy atom. The Balaban J connectivity index is 1.77. The van der Waals surface area contributed by atoms with E-state index in [2.05, 4.69) is 10.9 Å². The SMILES string of the molecule is Cc1cccc(O[C@H](C)C(=O)NNC(=O)C2CCN(C(=O)OC(C)(C)C)CC2)c1C. The average Bonchev–Trinajstić information content (AvgIpc) is 2.68. The number of nitrogens with one attached hydrogen (secondary N) is 2. The lowest BCUT2D eigenvalue weighted by atomic mass is 9.96. The van der Waals surface area contributed by atoms with Gasteiger partial charge in [-0.25, -0.2) is 4.79 Å². The van der Waals surface area contributed by atoms with Crippen LogP contribution in [0.5, 0.6) is 5.75 Å². The minimum Gasteiger partial charge on any atom is -0.481 e. The third-order valence-electron chi connectivity index (χ3n) is 5.05. The third kappa shape index (κ3) is 6.64. The van der Waals surface area contributed by atoms with Gasteiger partial charge in [-0.1, -0.05) is 12.1 Å². The highest BCUT2D eigenvalue weighted by Crippen LogP contribution is 2.22. The Bertz CT molecular complexity index is 779. The average molecular weight is 420 g/mol. The molecule has 1 heterocycles. The summed E-state index contributed by atoms with van der Waals surface area (Å²) in [4.78, 5) is 38.4. The highest BCUT2D eigenvalue weighted by atomic mass is 16.6. The molecule has 1 atom stereocenters. The number of likely N-dealkylation sites (tertiary alicyclic amines) is 1. The van der Waals surface area contributed by atoms with Gasteiger partial charge in [-0.15, -0.1) is 0 Å². The van der Waals surface area contributed by atoms with Gasteiger partial charge in [-0.05, 0) is 71.6 Å². The van der Waals surface area contributed by atoms with E-state index in [1.54, 1.807) is 11.8 Å². The molecule has 2 rings (SSSR count). The van der Waals surface area contributed by atoms with Crippen LogP contribution in [0.1, 0.15) is 51.7 Å². The molecule has 1 saturated heterocycles. The van der Waals surface area contributed by atoms with Crippen molar-refractivity contribution in [1.29, 1.82) is 0 Å². The van der Waals surface area contributed by atoms with E-state index in [9.17, 15) is 14.4 Å². The number of aryl methyl sites for hydroxylation is 1. The molecule has 1 fully saturated rings. The summed E-state index contributed by atoms with van der Waals surface area (Å²) in [6.45, 7) is 11.9. The molecule has 0 radical (unpaired) electrons. The molecule has 1 aromatic carbocycles. The number of ether oxygens (including phenoxy) is 2. The van der Waals surface area contributed by atoms with Crippen molar-refractivity contribution < 1.29 is 23.9 Å². The Hall–Kier alpha value is -2.77. The van der Waals surface area contributed by atoms with E-state index in [0.717, 1.165) is 11.1 Å². The number of hydrazine groups is 1. The van der Waals surface area contributed by atoms with Crippen LogP contribution in [0.25, 0.3) is 0 Å². The summed E-state index contributed by atoms with van der Waals surface area (Å²) in [5.41, 5.74) is 6.40. The van der Waals surface area contributed by atoms with Crippen LogP contribution in [0.3, 0.4) is 0 Å². The van der Waals surface area contributed by atoms with Crippen LogP contribution in [-0.4, -0.2) is 47.6 Å². The minimum absolute atomic E-state index is 0.272. The van der Waals surface area contributed by atoms with Crippen LogP contribution in [0.2, 0.25) is 0 Å². The van der Waals surface area contributed by atoms with Gasteiger partial charge in [0.2, 0.25) is 5.91 Å². The van der Waals surface area contributed by atoms with Crippen molar-refractivity contribution in [3.63, 3.8) is 0 Å². The standard InChI is InChI=1S/C22H33N3O5/c1-14-8-7-9-18(15(14)2)29-16(3)19(26)23-24-20(27)17-10-12-25(13-11-17)21(28)30-22(4,5)6/h7-9,16-17H,10-13H2,1-6H3,(H,23,26)(H,24,27)/t16-/m1/s1. The van der Waals surface area contributed by atoms with E-state index >= 15 is 0 Å². The summed E-state index contributed by atoms with van der Waals surface area (Å²) in [5.74, 6) is -0.348. The predicted octanol–water partition coefficient (Wildman–Crippen LogP) is 2.87. The normalized spacial score (nSPS) is 15.9. The second-order valence-electron chi connectivity index (χ2n) is 8.68. The second kappa shape index (κ2) is 9.82. The van der Waals surface area contributed by atoms with Gasteiger partial charge in [0.15, 0.2) is 6.10 Å². The zero-order valence-corrected chi connectivity index (χ0v) is 18.7. The smallest absolute Gasteiger partial charge is 0.410 e. The summed E-state index contributed by atoms with van der Waals surface area (Å²) in [6, 6.07) is 5.65. The van der Waals surface area contributed by atoms with E-state index in [1.165, 1.54) is 0 Å². The van der Waals surface area contributed by atoms with E-state index in [1.807, 2.05) is 52.8 Å². The molecule has 1 aromatic rings. The molecule has 3 amide bonds. The molecule has 1 aliphatic rings. The van der Waals surface area contributed by atoms with Gasteiger partial charge in [0.05, 0.1) is 0 Å². The van der Waals surface area contributed by atoms with Crippen molar-refractivity contribution in [2.24, 2.45) is 5.92 Å². The van der Waals surface area contributed by atoms with Crippen LogP contribution >= 0.6 is 0 Å². The largest absolute Gasteiger partial charge is 0.481 e. The quantitative estimate of drug-likeness (QED) is 0.732. The molecule has 0 spiro atoms. The van der Waals surface area contributed by atoms with Gasteiger partial charge < -0.3 is 14.4 Å². The van der Waals surface area contributed by atoms with Crippen molar-refractivity contribution in [3.05, 3.63) is 29.3 Å². The number of amides is 3. The topological polar surface area (TPSA) is 97.0 Å². The van der Waals surface area contributed by atoms with Gasteiger partial charge in [0.1, 0.15) is 11.4 Å². The summed E-state index contributed by atoms with van der Waals surface area (Å²) in [6.07, 6.45) is -0.114. The Morgan fingerprint density at radius 1 is 1.10 bits per heavy atom. The lowest BCUT2D eigenvalue weighted by molar-refractivity contribution is -0.135. The van der Waals surface area contributed by atoms with Crippen LogP contribution in [0, 0.1) is 19.8 Å². The number of hydrogen-bond donors (Lipinski definition) is 2. The maximum absolute atomic E-state index is 12.4. The Labute approximate surface area is 178 Å². The maximum atomic E-state index is 12.4. The van der Waals surface area contributed by atoms with Gasteiger partial charge in [-0.2, -0.15) is 0 Å². The van der Waals surface area contributed by atoms with Crippen molar-refractivity contribution in [1.82, 2.24) is 15.8 Å². The molecule has 8 nitrogen and oxygen atoms in total. The lowest BCUT2D eigenvalue weighted by Gasteiger charge is -2.32. The fourth-order valence-electron chi connectivity index (χ4n) is 3.07. The van der Waals surface area contributed by atoms with E-state index < -0.39 is 17.6 Å². The molecule has 0 aromatic heterocycles. The predicted molar refractivity (Wildman–Crippen MR) is 113 cm³/mol. The number of carbonyl (C=O) groups is 3. The van der Waals surface area contributed by atoms with Gasteiger partial charge >= 0.3 is 6.09 Å². The number of piperidine rings is 1. The van der Waals surface area contributed by atoms with Crippen molar-refractivity contribution >= 4 is 17.9 Å². The Kier molecular flexibility index (Phi) is 7.70. The molecule has 0 unspecified atom stereocenters.